The van der Waals surface area contributed by atoms with Gasteiger partial charge in [0, 0.05) is 19.3 Å². The molecule has 1 aromatic carbocycles. The third kappa shape index (κ3) is 2.63. The first-order chi connectivity index (χ1) is 9.49. The first kappa shape index (κ1) is 13.7. The van der Waals surface area contributed by atoms with Gasteiger partial charge in [-0.15, -0.1) is 0 Å². The lowest BCUT2D eigenvalue weighted by Crippen LogP contribution is -2.43. The number of hydrogen-bond donors (Lipinski definition) is 1. The SMILES string of the molecule is CC1(C)CC(O)(c2ccc3c(c2)OCCCO3)CCO1. The van der Waals surface area contributed by atoms with Gasteiger partial charge in [0.25, 0.3) is 0 Å². The smallest absolute Gasteiger partial charge is 0.161 e. The summed E-state index contributed by atoms with van der Waals surface area (Å²) < 4.78 is 17.0. The normalized spacial score (nSPS) is 28.8. The van der Waals surface area contributed by atoms with E-state index in [0.29, 0.717) is 32.7 Å². The predicted molar refractivity (Wildman–Crippen MR) is 75.2 cm³/mol. The van der Waals surface area contributed by atoms with Crippen LogP contribution in [0.4, 0.5) is 0 Å². The summed E-state index contributed by atoms with van der Waals surface area (Å²) in [5, 5.41) is 11.0. The molecule has 0 aliphatic carbocycles. The summed E-state index contributed by atoms with van der Waals surface area (Å²) in [6.45, 7) is 5.93. The average Bonchev–Trinajstić information content (AvgIpc) is 2.61. The second-order valence-corrected chi connectivity index (χ2v) is 6.28. The van der Waals surface area contributed by atoms with Gasteiger partial charge in [0.15, 0.2) is 11.5 Å². The Labute approximate surface area is 119 Å². The maximum absolute atomic E-state index is 11.0. The molecule has 110 valence electrons. The van der Waals surface area contributed by atoms with Crippen LogP contribution in [0.2, 0.25) is 0 Å². The lowest BCUT2D eigenvalue weighted by molar-refractivity contribution is -0.148. The molecule has 1 fully saturated rings. The highest BCUT2D eigenvalue weighted by Gasteiger charge is 2.41. The van der Waals surface area contributed by atoms with Gasteiger partial charge in [-0.2, -0.15) is 0 Å². The van der Waals surface area contributed by atoms with E-state index in [1.807, 2.05) is 32.0 Å². The quantitative estimate of drug-likeness (QED) is 0.858. The third-order valence-corrected chi connectivity index (χ3v) is 4.01. The maximum atomic E-state index is 11.0. The van der Waals surface area contributed by atoms with Gasteiger partial charge < -0.3 is 19.3 Å². The Bertz CT molecular complexity index is 497. The van der Waals surface area contributed by atoms with Crippen molar-refractivity contribution in [3.63, 3.8) is 0 Å². The fourth-order valence-electron chi connectivity index (χ4n) is 3.04. The van der Waals surface area contributed by atoms with E-state index >= 15 is 0 Å². The highest BCUT2D eigenvalue weighted by atomic mass is 16.5. The van der Waals surface area contributed by atoms with Crippen molar-refractivity contribution in [2.75, 3.05) is 19.8 Å². The highest BCUT2D eigenvalue weighted by Crippen LogP contribution is 2.42. The molecule has 0 bridgehead atoms. The number of hydrogen-bond acceptors (Lipinski definition) is 4. The van der Waals surface area contributed by atoms with E-state index in [1.54, 1.807) is 0 Å². The molecular formula is C16H22O4. The molecule has 0 radical (unpaired) electrons. The summed E-state index contributed by atoms with van der Waals surface area (Å²) in [6.07, 6.45) is 2.07. The molecule has 4 heteroatoms. The molecule has 2 aliphatic rings. The van der Waals surface area contributed by atoms with Crippen LogP contribution in [0.5, 0.6) is 11.5 Å². The molecule has 0 amide bonds. The molecule has 1 atom stereocenters. The Morgan fingerprint density at radius 1 is 1.05 bits per heavy atom. The van der Waals surface area contributed by atoms with E-state index in [0.717, 1.165) is 23.5 Å². The van der Waals surface area contributed by atoms with Crippen molar-refractivity contribution in [1.29, 1.82) is 0 Å². The molecular weight excluding hydrogens is 256 g/mol. The minimum atomic E-state index is -0.855. The molecule has 4 nitrogen and oxygen atoms in total. The maximum Gasteiger partial charge on any atom is 0.161 e. The van der Waals surface area contributed by atoms with E-state index in [2.05, 4.69) is 0 Å². The van der Waals surface area contributed by atoms with E-state index in [-0.39, 0.29) is 5.60 Å². The first-order valence-electron chi connectivity index (χ1n) is 7.25. The Kier molecular flexibility index (Phi) is 3.38. The molecule has 0 saturated carbocycles. The van der Waals surface area contributed by atoms with Crippen LogP contribution in [0, 0.1) is 0 Å². The van der Waals surface area contributed by atoms with Crippen molar-refractivity contribution < 1.29 is 19.3 Å². The van der Waals surface area contributed by atoms with Crippen LogP contribution in [0.3, 0.4) is 0 Å². The zero-order chi connectivity index (χ0) is 14.2. The molecule has 2 heterocycles. The summed E-state index contributed by atoms with van der Waals surface area (Å²) >= 11 is 0. The topological polar surface area (TPSA) is 47.9 Å². The molecule has 2 aliphatic heterocycles. The van der Waals surface area contributed by atoms with E-state index in [9.17, 15) is 5.11 Å². The van der Waals surface area contributed by atoms with Gasteiger partial charge in [-0.05, 0) is 31.5 Å². The van der Waals surface area contributed by atoms with Crippen molar-refractivity contribution in [3.8, 4) is 11.5 Å². The summed E-state index contributed by atoms with van der Waals surface area (Å²) in [7, 11) is 0. The molecule has 20 heavy (non-hydrogen) atoms. The molecule has 1 aromatic rings. The zero-order valence-corrected chi connectivity index (χ0v) is 12.1. The number of ether oxygens (including phenoxy) is 3. The zero-order valence-electron chi connectivity index (χ0n) is 12.1. The Morgan fingerprint density at radius 2 is 1.80 bits per heavy atom. The van der Waals surface area contributed by atoms with Gasteiger partial charge in [0.2, 0.25) is 0 Å². The van der Waals surface area contributed by atoms with Crippen LogP contribution in [-0.4, -0.2) is 30.5 Å². The van der Waals surface area contributed by atoms with Crippen molar-refractivity contribution in [2.45, 2.75) is 44.3 Å². The molecule has 0 spiro atoms. The van der Waals surface area contributed by atoms with Crippen molar-refractivity contribution >= 4 is 0 Å². The van der Waals surface area contributed by atoms with Crippen LogP contribution in [0.15, 0.2) is 18.2 Å². The van der Waals surface area contributed by atoms with Crippen LogP contribution in [-0.2, 0) is 10.3 Å². The second-order valence-electron chi connectivity index (χ2n) is 6.28. The minimum Gasteiger partial charge on any atom is -0.490 e. The molecule has 0 aromatic heterocycles. The summed E-state index contributed by atoms with van der Waals surface area (Å²) in [5.41, 5.74) is -0.276. The average molecular weight is 278 g/mol. The minimum absolute atomic E-state index is 0.308. The first-order valence-corrected chi connectivity index (χ1v) is 7.25. The van der Waals surface area contributed by atoms with Gasteiger partial charge >= 0.3 is 0 Å². The Morgan fingerprint density at radius 3 is 2.55 bits per heavy atom. The lowest BCUT2D eigenvalue weighted by atomic mass is 9.79. The van der Waals surface area contributed by atoms with Gasteiger partial charge in [-0.3, -0.25) is 0 Å². The monoisotopic (exact) mass is 278 g/mol. The van der Waals surface area contributed by atoms with Crippen molar-refractivity contribution in [1.82, 2.24) is 0 Å². The number of rotatable bonds is 1. The Balaban J connectivity index is 1.91. The van der Waals surface area contributed by atoms with Gasteiger partial charge in [0.05, 0.1) is 31.0 Å². The van der Waals surface area contributed by atoms with Crippen LogP contribution < -0.4 is 9.47 Å². The van der Waals surface area contributed by atoms with Gasteiger partial charge in [0.1, 0.15) is 0 Å². The second kappa shape index (κ2) is 4.93. The van der Waals surface area contributed by atoms with Crippen LogP contribution >= 0.6 is 0 Å². The fourth-order valence-corrected chi connectivity index (χ4v) is 3.04. The molecule has 1 N–H and O–H groups in total. The van der Waals surface area contributed by atoms with Gasteiger partial charge in [-0.1, -0.05) is 6.07 Å². The van der Waals surface area contributed by atoms with Crippen LogP contribution in [0.25, 0.3) is 0 Å². The van der Waals surface area contributed by atoms with E-state index in [4.69, 9.17) is 14.2 Å². The number of fused-ring (bicyclic) bond motifs is 1. The fraction of sp³-hybridized carbons (Fsp3) is 0.625. The summed E-state index contributed by atoms with van der Waals surface area (Å²) in [4.78, 5) is 0. The van der Waals surface area contributed by atoms with E-state index in [1.165, 1.54) is 0 Å². The summed E-state index contributed by atoms with van der Waals surface area (Å²) in [5.74, 6) is 1.50. The van der Waals surface area contributed by atoms with Gasteiger partial charge in [-0.25, -0.2) is 0 Å². The molecule has 3 rings (SSSR count). The third-order valence-electron chi connectivity index (χ3n) is 4.01. The van der Waals surface area contributed by atoms with Crippen molar-refractivity contribution in [2.24, 2.45) is 0 Å². The molecule has 1 unspecified atom stereocenters. The number of aliphatic hydroxyl groups is 1. The standard InChI is InChI=1S/C16H22O4/c1-15(2)11-16(17,6-9-20-15)12-4-5-13-14(10-12)19-8-3-7-18-13/h4-5,10,17H,3,6-9,11H2,1-2H3. The van der Waals surface area contributed by atoms with E-state index < -0.39 is 5.60 Å². The highest BCUT2D eigenvalue weighted by molar-refractivity contribution is 5.45. The summed E-state index contributed by atoms with van der Waals surface area (Å²) in [6, 6.07) is 5.76. The van der Waals surface area contributed by atoms with Crippen LogP contribution in [0.1, 0.15) is 38.7 Å². The Hall–Kier alpha value is -1.26. The van der Waals surface area contributed by atoms with Crippen molar-refractivity contribution in [3.05, 3.63) is 23.8 Å². The molecule has 1 saturated heterocycles. The number of benzene rings is 1. The largest absolute Gasteiger partial charge is 0.490 e. The predicted octanol–water partition coefficient (Wildman–Crippen LogP) is 2.62. The lowest BCUT2D eigenvalue weighted by Gasteiger charge is -2.41.